The molecule has 1 aliphatic carbocycles. The monoisotopic (exact) mass is 758 g/mol. The van der Waals surface area contributed by atoms with Crippen LogP contribution in [0, 0.1) is 12.0 Å². The topological polar surface area (TPSA) is 0 Å². The van der Waals surface area contributed by atoms with Crippen molar-refractivity contribution in [3.05, 3.63) is 180 Å². The predicted molar refractivity (Wildman–Crippen MR) is 202 cm³/mol. The van der Waals surface area contributed by atoms with Crippen LogP contribution in [0.1, 0.15) is 76.3 Å². The Labute approximate surface area is 321 Å². The standard InChI is InChI=1S/C21H25.C13H10.C12H11.2ClH.Zr/c1-20(2,3)16-7-9-18-14(12-16)11-15-13-17(21(4,5)6)8-10-19(15)18;1-3-7-12(8-4-1)11-13-9-5-2-6-10-13;1-10-7-8-12(9-10)11-5-3-2-4-6-11;;;/h7-13H,1-6H3;1-10H;2-6,8-10H,1H3;2*1H;/q-1;;-1;;;+2/p-2. The molecule has 0 spiro atoms. The molecule has 0 fully saturated rings. The van der Waals surface area contributed by atoms with Gasteiger partial charge in [0.05, 0.1) is 0 Å². The molecule has 0 radical (unpaired) electrons. The third kappa shape index (κ3) is 10.6. The molecule has 0 nitrogen and oxygen atoms in total. The Balaban J connectivity index is 0.000000204. The Hall–Kier alpha value is -3.22. The molecule has 1 unspecified atom stereocenters. The summed E-state index contributed by atoms with van der Waals surface area (Å²) in [5, 5.41) is 5.48. The molecule has 49 heavy (non-hydrogen) atoms. The number of hydrogen-bond acceptors (Lipinski definition) is 0. The number of allylic oxidation sites excluding steroid dienone is 4. The Bertz CT molecular complexity index is 1890. The van der Waals surface area contributed by atoms with Crippen molar-refractivity contribution in [3.8, 4) is 0 Å². The first-order valence-corrected chi connectivity index (χ1v) is 17.8. The molecular formula is C46H46Cl2Zr-2. The first-order valence-electron chi connectivity index (χ1n) is 16.6. The maximum absolute atomic E-state index is 3.25. The summed E-state index contributed by atoms with van der Waals surface area (Å²) >= 11 is 1.46. The Kier molecular flexibility index (Phi) is 14.5. The van der Waals surface area contributed by atoms with E-state index in [1.54, 1.807) is 0 Å². The zero-order chi connectivity index (χ0) is 33.6. The first kappa shape index (κ1) is 40.2. The zero-order valence-corrected chi connectivity index (χ0v) is 33.7. The van der Waals surface area contributed by atoms with Crippen molar-refractivity contribution in [1.29, 1.82) is 0 Å². The van der Waals surface area contributed by atoms with Gasteiger partial charge in [-0.2, -0.15) is 11.6 Å². The van der Waals surface area contributed by atoms with Crippen LogP contribution in [0.15, 0.2) is 146 Å². The number of halogens is 2. The molecule has 0 bridgehead atoms. The molecule has 7 rings (SSSR count). The van der Waals surface area contributed by atoms with Crippen molar-refractivity contribution in [2.24, 2.45) is 5.92 Å². The number of hydrogen-bond donors (Lipinski definition) is 0. The third-order valence-electron chi connectivity index (χ3n) is 8.60. The van der Waals surface area contributed by atoms with Crippen molar-refractivity contribution in [2.45, 2.75) is 59.3 Å². The average molecular weight is 761 g/mol. The van der Waals surface area contributed by atoms with E-state index in [0.717, 1.165) is 0 Å². The molecule has 0 aliphatic heterocycles. The summed E-state index contributed by atoms with van der Waals surface area (Å²) in [6.45, 7) is 15.8. The minimum atomic E-state index is 0. The minimum absolute atomic E-state index is 0. The molecular weight excluding hydrogens is 715 g/mol. The summed E-state index contributed by atoms with van der Waals surface area (Å²) in [5.41, 5.74) is 8.46. The molecule has 0 heterocycles. The number of fused-ring (bicyclic) bond motifs is 3. The van der Waals surface area contributed by atoms with E-state index in [9.17, 15) is 0 Å². The van der Waals surface area contributed by atoms with Crippen LogP contribution in [0.4, 0.5) is 0 Å². The molecule has 0 saturated carbocycles. The van der Waals surface area contributed by atoms with Gasteiger partial charge in [-0.3, -0.25) is 6.08 Å². The van der Waals surface area contributed by atoms with E-state index >= 15 is 0 Å². The molecule has 3 heteroatoms. The van der Waals surface area contributed by atoms with Crippen LogP contribution < -0.4 is 24.8 Å². The van der Waals surface area contributed by atoms with Crippen LogP contribution in [0.3, 0.4) is 0 Å². The van der Waals surface area contributed by atoms with E-state index in [1.165, 1.54) is 82.4 Å². The summed E-state index contributed by atoms with van der Waals surface area (Å²) in [4.78, 5) is 0. The molecule has 250 valence electrons. The summed E-state index contributed by atoms with van der Waals surface area (Å²) < 4.78 is 1.42. The van der Waals surface area contributed by atoms with Gasteiger partial charge in [0.25, 0.3) is 0 Å². The second-order valence-electron chi connectivity index (χ2n) is 14.4. The summed E-state index contributed by atoms with van der Waals surface area (Å²) in [5.74, 6) is 0.472. The fourth-order valence-corrected chi connectivity index (χ4v) is 6.55. The van der Waals surface area contributed by atoms with Crippen LogP contribution in [0.5, 0.6) is 0 Å². The normalized spacial score (nSPS) is 13.7. The van der Waals surface area contributed by atoms with Crippen molar-refractivity contribution in [1.82, 2.24) is 0 Å². The molecule has 0 aromatic heterocycles. The van der Waals surface area contributed by atoms with E-state index in [4.69, 9.17) is 0 Å². The van der Waals surface area contributed by atoms with Crippen molar-refractivity contribution < 1.29 is 49.0 Å². The summed E-state index contributed by atoms with van der Waals surface area (Å²) in [7, 11) is 0. The third-order valence-corrected chi connectivity index (χ3v) is 10.0. The van der Waals surface area contributed by atoms with Gasteiger partial charge < -0.3 is 24.8 Å². The van der Waals surface area contributed by atoms with Gasteiger partial charge in [-0.05, 0) is 10.8 Å². The van der Waals surface area contributed by atoms with Gasteiger partial charge in [-0.1, -0.05) is 120 Å². The quantitative estimate of drug-likeness (QED) is 0.189. The Morgan fingerprint density at radius 2 is 1.00 bits per heavy atom. The predicted octanol–water partition coefficient (Wildman–Crippen LogP) is 6.20. The molecule has 0 amide bonds. The number of rotatable bonds is 3. The van der Waals surface area contributed by atoms with Gasteiger partial charge in [0, 0.05) is 0 Å². The molecule has 0 N–H and O–H groups in total. The van der Waals surface area contributed by atoms with Crippen molar-refractivity contribution in [2.75, 3.05) is 0 Å². The zero-order valence-electron chi connectivity index (χ0n) is 29.7. The number of benzene rings is 5. The van der Waals surface area contributed by atoms with Gasteiger partial charge in [0.1, 0.15) is 0 Å². The van der Waals surface area contributed by atoms with Gasteiger partial charge in [-0.15, -0.1) is 45.3 Å². The van der Waals surface area contributed by atoms with Crippen LogP contribution in [-0.4, -0.2) is 3.21 Å². The van der Waals surface area contributed by atoms with Gasteiger partial charge in [0.15, 0.2) is 0 Å². The fraction of sp³-hybridized carbons (Fsp3) is 0.217. The van der Waals surface area contributed by atoms with Crippen LogP contribution in [0.2, 0.25) is 0 Å². The summed E-state index contributed by atoms with van der Waals surface area (Å²) in [6, 6.07) is 47.7. The molecule has 1 atom stereocenters. The molecule has 6 aromatic carbocycles. The van der Waals surface area contributed by atoms with Crippen LogP contribution >= 0.6 is 0 Å². The molecule has 6 aromatic rings. The SMILES string of the molecule is CC(C)(C)c1ccc2c(c1)[cH-]c1cc(C(C)(C)C)ccc12.CC1[C-]=CC(c2ccccc2)=C1.[Cl-].[Cl-].[Zr+2]=[C](c1ccccc1)c1ccccc1. The Morgan fingerprint density at radius 1 is 0.592 bits per heavy atom. The van der Waals surface area contributed by atoms with Gasteiger partial charge in [0.2, 0.25) is 0 Å². The second-order valence-corrected chi connectivity index (χ2v) is 15.7. The summed E-state index contributed by atoms with van der Waals surface area (Å²) in [6.07, 6.45) is 7.55. The fourth-order valence-electron chi connectivity index (χ4n) is 5.73. The van der Waals surface area contributed by atoms with E-state index in [1.807, 2.05) is 6.07 Å². The van der Waals surface area contributed by atoms with Crippen molar-refractivity contribution in [3.63, 3.8) is 0 Å². The van der Waals surface area contributed by atoms with E-state index in [0.29, 0.717) is 5.92 Å². The van der Waals surface area contributed by atoms with E-state index in [2.05, 4.69) is 194 Å². The second kappa shape index (κ2) is 17.6. The molecule has 0 saturated heterocycles. The maximum atomic E-state index is 3.25. The van der Waals surface area contributed by atoms with Crippen LogP contribution in [0.25, 0.3) is 27.1 Å². The van der Waals surface area contributed by atoms with Gasteiger partial charge in [-0.25, -0.2) is 6.08 Å². The van der Waals surface area contributed by atoms with Crippen LogP contribution in [-0.2, 0) is 35.1 Å². The molecule has 1 aliphatic rings. The van der Waals surface area contributed by atoms with E-state index < -0.39 is 0 Å². The van der Waals surface area contributed by atoms with Crippen molar-refractivity contribution >= 4 is 30.3 Å². The van der Waals surface area contributed by atoms with E-state index in [-0.39, 0.29) is 35.6 Å². The average Bonchev–Trinajstić information content (AvgIpc) is 3.68. The van der Waals surface area contributed by atoms with Gasteiger partial charge >= 0.3 is 99.2 Å². The first-order chi connectivity index (χ1) is 22.4. The Morgan fingerprint density at radius 3 is 1.37 bits per heavy atom.